The van der Waals surface area contributed by atoms with Crippen molar-refractivity contribution in [2.45, 2.75) is 13.3 Å². The van der Waals surface area contributed by atoms with Crippen molar-refractivity contribution in [1.29, 1.82) is 5.26 Å². The molecule has 1 unspecified atom stereocenters. The van der Waals surface area contributed by atoms with Gasteiger partial charge in [0.15, 0.2) is 11.7 Å². The third kappa shape index (κ3) is 14.4. The van der Waals surface area contributed by atoms with Gasteiger partial charge in [0, 0.05) is 12.0 Å². The molecule has 23 heavy (non-hydrogen) atoms. The zero-order valence-electron chi connectivity index (χ0n) is 13.3. The van der Waals surface area contributed by atoms with E-state index in [1.165, 1.54) is 0 Å². The number of carbonyl (C=O) groups is 3. The van der Waals surface area contributed by atoms with Gasteiger partial charge in [-0.25, -0.2) is 0 Å². The first-order valence-corrected chi connectivity index (χ1v) is 5.94. The van der Waals surface area contributed by atoms with Gasteiger partial charge in [0.05, 0.1) is 12.7 Å². The van der Waals surface area contributed by atoms with E-state index in [-0.39, 0.29) is 122 Å². The summed E-state index contributed by atoms with van der Waals surface area (Å²) in [5.74, 6) is -1.90. The SMILES string of the molecule is CCOC(=O)C(C#N)CC(=O)c1ccccc1.O=C([O-])[O-].[K+].[K+]. The molecule has 9 heteroatoms. The Morgan fingerprint density at radius 3 is 2.04 bits per heavy atom. The van der Waals surface area contributed by atoms with E-state index in [1.54, 1.807) is 43.3 Å². The van der Waals surface area contributed by atoms with Crippen LogP contribution < -0.4 is 113 Å². The third-order valence-electron chi connectivity index (χ3n) is 2.21. The van der Waals surface area contributed by atoms with Crippen LogP contribution in [0, 0.1) is 17.2 Å². The van der Waals surface area contributed by atoms with Crippen molar-refractivity contribution in [1.82, 2.24) is 0 Å². The molecule has 0 spiro atoms. The van der Waals surface area contributed by atoms with E-state index in [9.17, 15) is 9.59 Å². The van der Waals surface area contributed by atoms with Gasteiger partial charge in [-0.3, -0.25) is 9.59 Å². The van der Waals surface area contributed by atoms with Crippen LogP contribution in [0.15, 0.2) is 30.3 Å². The fourth-order valence-electron chi connectivity index (χ4n) is 1.35. The van der Waals surface area contributed by atoms with Crippen molar-refractivity contribution in [3.8, 4) is 6.07 Å². The number of rotatable bonds is 5. The molecule has 0 aliphatic heterocycles. The summed E-state index contributed by atoms with van der Waals surface area (Å²) in [6.45, 7) is 1.86. The summed E-state index contributed by atoms with van der Waals surface area (Å²) in [6.07, 6.45) is -2.47. The molecule has 7 nitrogen and oxygen atoms in total. The van der Waals surface area contributed by atoms with Crippen molar-refractivity contribution in [3.05, 3.63) is 35.9 Å². The molecule has 0 fully saturated rings. The van der Waals surface area contributed by atoms with E-state index in [2.05, 4.69) is 0 Å². The van der Waals surface area contributed by atoms with Crippen LogP contribution in [-0.4, -0.2) is 24.5 Å². The predicted octanol–water partition coefficient (Wildman–Crippen LogP) is -6.48. The van der Waals surface area contributed by atoms with Crippen molar-refractivity contribution in [2.75, 3.05) is 6.61 Å². The maximum atomic E-state index is 11.8. The minimum Gasteiger partial charge on any atom is -0.652 e. The molecule has 0 aliphatic carbocycles. The van der Waals surface area contributed by atoms with E-state index in [0.29, 0.717) is 5.56 Å². The van der Waals surface area contributed by atoms with Gasteiger partial charge in [0.25, 0.3) is 0 Å². The first kappa shape index (κ1) is 28.2. The second-order valence-electron chi connectivity index (χ2n) is 3.68. The maximum absolute atomic E-state index is 11.8. The predicted molar refractivity (Wildman–Crippen MR) is 66.5 cm³/mol. The van der Waals surface area contributed by atoms with Crippen LogP contribution >= 0.6 is 0 Å². The number of hydrogen-bond acceptors (Lipinski definition) is 7. The van der Waals surface area contributed by atoms with Crippen LogP contribution in [0.4, 0.5) is 4.79 Å². The summed E-state index contributed by atoms with van der Waals surface area (Å²) in [4.78, 5) is 31.4. The van der Waals surface area contributed by atoms with Crippen molar-refractivity contribution < 1.29 is 132 Å². The second kappa shape index (κ2) is 17.2. The number of nitriles is 1. The zero-order chi connectivity index (χ0) is 16.3. The van der Waals surface area contributed by atoms with Crippen LogP contribution in [0.1, 0.15) is 23.7 Å². The van der Waals surface area contributed by atoms with Gasteiger partial charge in [-0.15, -0.1) is 0 Å². The Bertz CT molecular complexity index is 526. The molecule has 0 radical (unpaired) electrons. The van der Waals surface area contributed by atoms with Gasteiger partial charge in [-0.1, -0.05) is 30.3 Å². The fraction of sp³-hybridized carbons (Fsp3) is 0.286. The molecule has 112 valence electrons. The zero-order valence-corrected chi connectivity index (χ0v) is 19.5. The Kier molecular flexibility index (Phi) is 21.1. The smallest absolute Gasteiger partial charge is 0.652 e. The normalized spacial score (nSPS) is 9.39. The topological polar surface area (TPSA) is 130 Å². The quantitative estimate of drug-likeness (QED) is 0.286. The molecule has 0 bridgehead atoms. The van der Waals surface area contributed by atoms with E-state index in [4.69, 9.17) is 25.0 Å². The van der Waals surface area contributed by atoms with Crippen molar-refractivity contribution in [2.24, 2.45) is 5.92 Å². The first-order valence-electron chi connectivity index (χ1n) is 5.94. The Balaban J connectivity index is -0.000000598. The number of carboxylic acid groups (broad SMARTS) is 2. The largest absolute Gasteiger partial charge is 1.00 e. The van der Waals surface area contributed by atoms with Crippen LogP contribution in [0.2, 0.25) is 0 Å². The fourth-order valence-corrected chi connectivity index (χ4v) is 1.35. The number of esters is 1. The summed E-state index contributed by atoms with van der Waals surface area (Å²) in [7, 11) is 0. The number of benzene rings is 1. The van der Waals surface area contributed by atoms with E-state index in [1.807, 2.05) is 0 Å². The Morgan fingerprint density at radius 2 is 1.65 bits per heavy atom. The molecule has 0 saturated heterocycles. The Morgan fingerprint density at radius 1 is 1.17 bits per heavy atom. The molecule has 0 aromatic heterocycles. The monoisotopic (exact) mass is 369 g/mol. The number of ketones is 1. The summed E-state index contributed by atoms with van der Waals surface area (Å²) >= 11 is 0. The summed E-state index contributed by atoms with van der Waals surface area (Å²) < 4.78 is 4.72. The van der Waals surface area contributed by atoms with Gasteiger partial charge < -0.3 is 19.7 Å². The molecule has 0 heterocycles. The molecule has 1 atom stereocenters. The van der Waals surface area contributed by atoms with Crippen molar-refractivity contribution >= 4 is 17.9 Å². The molecule has 0 aliphatic rings. The van der Waals surface area contributed by atoms with Crippen molar-refractivity contribution in [3.63, 3.8) is 0 Å². The van der Waals surface area contributed by atoms with Crippen LogP contribution in [0.3, 0.4) is 0 Å². The Hall–Kier alpha value is 0.393. The van der Waals surface area contributed by atoms with Gasteiger partial charge in [0.2, 0.25) is 0 Å². The number of nitrogens with zero attached hydrogens (tertiary/aromatic N) is 1. The van der Waals surface area contributed by atoms with Crippen LogP contribution in [-0.2, 0) is 9.53 Å². The number of carbonyl (C=O) groups excluding carboxylic acids is 3. The minimum absolute atomic E-state index is 0. The number of hydrogen-bond donors (Lipinski definition) is 0. The van der Waals surface area contributed by atoms with Gasteiger partial charge in [-0.2, -0.15) is 5.26 Å². The van der Waals surface area contributed by atoms with Crippen LogP contribution in [0.25, 0.3) is 0 Å². The standard InChI is InChI=1S/C13H13NO3.CH2O3.2K/c1-2-17-13(16)11(9-14)8-12(15)10-6-4-3-5-7-10;2-1(3)4;;/h3-7,11H,2,8H2,1H3;(H2,2,3,4);;/q;;2*+1/p-2. The molecule has 1 aromatic rings. The average molecular weight is 369 g/mol. The Labute approximate surface area is 219 Å². The molecule has 0 N–H and O–H groups in total. The van der Waals surface area contributed by atoms with Gasteiger partial charge in [0.1, 0.15) is 0 Å². The molecule has 1 rings (SSSR count). The average Bonchev–Trinajstić information content (AvgIpc) is 2.45. The minimum atomic E-state index is -2.33. The number of ether oxygens (including phenoxy) is 1. The maximum Gasteiger partial charge on any atom is 1.00 e. The first-order chi connectivity index (χ1) is 9.92. The van der Waals surface area contributed by atoms with E-state index >= 15 is 0 Å². The van der Waals surface area contributed by atoms with Crippen LogP contribution in [0.5, 0.6) is 0 Å². The van der Waals surface area contributed by atoms with Gasteiger partial charge in [-0.05, 0) is 13.1 Å². The molecule has 1 aromatic carbocycles. The summed E-state index contributed by atoms with van der Waals surface area (Å²) in [6, 6.07) is 10.4. The molecule has 0 saturated carbocycles. The number of Topliss-reactive ketones (excluding diaryl/α,β-unsaturated/α-hetero) is 1. The van der Waals surface area contributed by atoms with Gasteiger partial charge >= 0.3 is 109 Å². The van der Waals surface area contributed by atoms with E-state index < -0.39 is 18.0 Å². The second-order valence-corrected chi connectivity index (χ2v) is 3.68. The molecular formula is C14H13K2NO6. The molecule has 0 amide bonds. The van der Waals surface area contributed by atoms with E-state index in [0.717, 1.165) is 0 Å². The summed E-state index contributed by atoms with van der Waals surface area (Å²) in [5, 5.41) is 25.5. The third-order valence-corrected chi connectivity index (χ3v) is 2.21. The summed E-state index contributed by atoms with van der Waals surface area (Å²) in [5.41, 5.74) is 0.497. The molecular weight excluding hydrogens is 356 g/mol.